The maximum Gasteiger partial charge on any atom is 0.219 e. The van der Waals surface area contributed by atoms with E-state index in [9.17, 15) is 9.90 Å². The summed E-state index contributed by atoms with van der Waals surface area (Å²) in [7, 11) is 0. The van der Waals surface area contributed by atoms with Crippen molar-refractivity contribution in [1.82, 2.24) is 4.90 Å². The molecule has 0 aliphatic carbocycles. The Balaban J connectivity index is 2.09. The number of nitrogens with zero attached hydrogens (tertiary/aromatic N) is 2. The first-order valence-corrected chi connectivity index (χ1v) is 6.85. The Morgan fingerprint density at radius 3 is 2.42 bits per heavy atom. The second kappa shape index (κ2) is 5.80. The fraction of sp³-hybridized carbons (Fsp3) is 0.500. The predicted molar refractivity (Wildman–Crippen MR) is 76.6 cm³/mol. The van der Waals surface area contributed by atoms with E-state index in [4.69, 9.17) is 11.6 Å². The maximum atomic E-state index is 11.3. The zero-order valence-corrected chi connectivity index (χ0v) is 12.0. The Bertz CT molecular complexity index is 469. The molecule has 0 bridgehead atoms. The highest BCUT2D eigenvalue weighted by molar-refractivity contribution is 6.33. The number of rotatable bonds is 2. The third-order valence-electron chi connectivity index (χ3n) is 3.52. The molecule has 0 saturated carbocycles. The van der Waals surface area contributed by atoms with Crippen LogP contribution in [0.3, 0.4) is 0 Å². The van der Waals surface area contributed by atoms with Gasteiger partial charge in [0, 0.05) is 33.1 Å². The average Bonchev–Trinajstić information content (AvgIpc) is 2.38. The van der Waals surface area contributed by atoms with Crippen molar-refractivity contribution in [3.05, 3.63) is 28.8 Å². The zero-order chi connectivity index (χ0) is 14.0. The van der Waals surface area contributed by atoms with Gasteiger partial charge in [0.25, 0.3) is 0 Å². The number of aliphatic hydroxyl groups is 1. The van der Waals surface area contributed by atoms with E-state index in [1.165, 1.54) is 0 Å². The van der Waals surface area contributed by atoms with Gasteiger partial charge >= 0.3 is 0 Å². The zero-order valence-electron chi connectivity index (χ0n) is 11.3. The van der Waals surface area contributed by atoms with Crippen molar-refractivity contribution >= 4 is 23.2 Å². The molecule has 1 aromatic rings. The molecule has 1 atom stereocenters. The van der Waals surface area contributed by atoms with Crippen LogP contribution in [-0.2, 0) is 4.79 Å². The molecule has 1 fully saturated rings. The van der Waals surface area contributed by atoms with Crippen molar-refractivity contribution < 1.29 is 9.90 Å². The Morgan fingerprint density at radius 2 is 1.95 bits per heavy atom. The summed E-state index contributed by atoms with van der Waals surface area (Å²) in [6.07, 6.45) is -0.513. The minimum absolute atomic E-state index is 0.121. The third-order valence-corrected chi connectivity index (χ3v) is 3.82. The van der Waals surface area contributed by atoms with E-state index in [0.717, 1.165) is 37.4 Å². The van der Waals surface area contributed by atoms with Gasteiger partial charge in [-0.05, 0) is 24.6 Å². The van der Waals surface area contributed by atoms with Gasteiger partial charge in [0.1, 0.15) is 0 Å². The van der Waals surface area contributed by atoms with Crippen LogP contribution in [0.4, 0.5) is 5.69 Å². The molecule has 104 valence electrons. The van der Waals surface area contributed by atoms with Gasteiger partial charge in [-0.1, -0.05) is 17.7 Å². The Kier molecular flexibility index (Phi) is 4.32. The lowest BCUT2D eigenvalue weighted by Gasteiger charge is -2.36. The predicted octanol–water partition coefficient (Wildman–Crippen LogP) is 2.06. The first-order chi connectivity index (χ1) is 8.99. The highest BCUT2D eigenvalue weighted by atomic mass is 35.5. The highest BCUT2D eigenvalue weighted by Gasteiger charge is 2.20. The molecule has 1 aromatic carbocycles. The van der Waals surface area contributed by atoms with Crippen LogP contribution < -0.4 is 4.90 Å². The minimum atomic E-state index is -0.513. The van der Waals surface area contributed by atoms with E-state index in [1.807, 2.05) is 17.0 Å². The van der Waals surface area contributed by atoms with Gasteiger partial charge in [-0.25, -0.2) is 0 Å². The van der Waals surface area contributed by atoms with E-state index >= 15 is 0 Å². The molecule has 1 aliphatic heterocycles. The smallest absolute Gasteiger partial charge is 0.219 e. The number of benzene rings is 1. The van der Waals surface area contributed by atoms with Crippen molar-refractivity contribution in [2.75, 3.05) is 31.1 Å². The largest absolute Gasteiger partial charge is 0.389 e. The number of halogens is 1. The highest BCUT2D eigenvalue weighted by Crippen LogP contribution is 2.29. The molecule has 1 saturated heterocycles. The summed E-state index contributed by atoms with van der Waals surface area (Å²) in [5, 5.41) is 10.2. The van der Waals surface area contributed by atoms with Crippen molar-refractivity contribution in [3.8, 4) is 0 Å². The van der Waals surface area contributed by atoms with Crippen LogP contribution in [0.1, 0.15) is 25.5 Å². The van der Waals surface area contributed by atoms with Crippen LogP contribution in [0.15, 0.2) is 18.2 Å². The van der Waals surface area contributed by atoms with Gasteiger partial charge in [-0.3, -0.25) is 4.79 Å². The number of anilines is 1. The van der Waals surface area contributed by atoms with E-state index in [1.54, 1.807) is 19.9 Å². The molecule has 1 amide bonds. The van der Waals surface area contributed by atoms with E-state index < -0.39 is 6.10 Å². The summed E-state index contributed by atoms with van der Waals surface area (Å²) < 4.78 is 0. The summed E-state index contributed by atoms with van der Waals surface area (Å²) in [5.41, 5.74) is 1.78. The van der Waals surface area contributed by atoms with E-state index in [0.29, 0.717) is 5.02 Å². The van der Waals surface area contributed by atoms with Crippen LogP contribution in [0.25, 0.3) is 0 Å². The quantitative estimate of drug-likeness (QED) is 0.903. The summed E-state index contributed by atoms with van der Waals surface area (Å²) >= 11 is 6.27. The van der Waals surface area contributed by atoms with Crippen LogP contribution in [0, 0.1) is 0 Å². The normalized spacial score (nSPS) is 17.5. The lowest BCUT2D eigenvalue weighted by atomic mass is 10.1. The fourth-order valence-electron chi connectivity index (χ4n) is 2.30. The lowest BCUT2D eigenvalue weighted by Crippen LogP contribution is -2.48. The summed E-state index contributed by atoms with van der Waals surface area (Å²) in [5.74, 6) is 0.121. The van der Waals surface area contributed by atoms with Gasteiger partial charge in [0.2, 0.25) is 5.91 Å². The van der Waals surface area contributed by atoms with Crippen LogP contribution in [-0.4, -0.2) is 42.1 Å². The monoisotopic (exact) mass is 282 g/mol. The molecule has 0 radical (unpaired) electrons. The van der Waals surface area contributed by atoms with Gasteiger partial charge < -0.3 is 14.9 Å². The van der Waals surface area contributed by atoms with Gasteiger partial charge in [0.05, 0.1) is 16.8 Å². The lowest BCUT2D eigenvalue weighted by molar-refractivity contribution is -0.129. The Hall–Kier alpha value is -1.26. The van der Waals surface area contributed by atoms with E-state index in [-0.39, 0.29) is 5.91 Å². The molecule has 1 unspecified atom stereocenters. The van der Waals surface area contributed by atoms with Crippen LogP contribution in [0.5, 0.6) is 0 Å². The maximum absolute atomic E-state index is 11.3. The SMILES string of the molecule is CC(=O)N1CCN(c2ccc(C(C)O)cc2Cl)CC1. The number of hydrogen-bond donors (Lipinski definition) is 1. The molecular formula is C14H19ClN2O2. The third kappa shape index (κ3) is 3.19. The molecule has 1 heterocycles. The second-order valence-corrected chi connectivity index (χ2v) is 5.29. The first-order valence-electron chi connectivity index (χ1n) is 6.47. The summed E-state index contributed by atoms with van der Waals surface area (Å²) in [6, 6.07) is 5.63. The van der Waals surface area contributed by atoms with E-state index in [2.05, 4.69) is 4.90 Å². The molecule has 1 aliphatic rings. The molecule has 5 heteroatoms. The number of amides is 1. The van der Waals surface area contributed by atoms with Crippen LogP contribution in [0.2, 0.25) is 5.02 Å². The number of hydrogen-bond acceptors (Lipinski definition) is 3. The molecular weight excluding hydrogens is 264 g/mol. The molecule has 1 N–H and O–H groups in total. The second-order valence-electron chi connectivity index (χ2n) is 4.88. The average molecular weight is 283 g/mol. The topological polar surface area (TPSA) is 43.8 Å². The molecule has 0 spiro atoms. The van der Waals surface area contributed by atoms with Crippen molar-refractivity contribution in [1.29, 1.82) is 0 Å². The summed E-state index contributed by atoms with van der Waals surface area (Å²) in [4.78, 5) is 15.3. The van der Waals surface area contributed by atoms with Gasteiger partial charge in [0.15, 0.2) is 0 Å². The number of carbonyl (C=O) groups is 1. The standard InChI is InChI=1S/C14H19ClN2O2/c1-10(18)12-3-4-14(13(15)9-12)17-7-5-16(6-8-17)11(2)19/h3-4,9-10,18H,5-8H2,1-2H3. The van der Waals surface area contributed by atoms with Gasteiger partial charge in [-0.15, -0.1) is 0 Å². The molecule has 4 nitrogen and oxygen atoms in total. The van der Waals surface area contributed by atoms with Crippen molar-refractivity contribution in [3.63, 3.8) is 0 Å². The molecule has 0 aromatic heterocycles. The van der Waals surface area contributed by atoms with Crippen molar-refractivity contribution in [2.45, 2.75) is 20.0 Å². The molecule has 19 heavy (non-hydrogen) atoms. The fourth-order valence-corrected chi connectivity index (χ4v) is 2.61. The molecule has 2 rings (SSSR count). The minimum Gasteiger partial charge on any atom is -0.389 e. The van der Waals surface area contributed by atoms with Crippen LogP contribution >= 0.6 is 11.6 Å². The summed E-state index contributed by atoms with van der Waals surface area (Å²) in [6.45, 7) is 6.34. The van der Waals surface area contributed by atoms with Crippen molar-refractivity contribution in [2.24, 2.45) is 0 Å². The first kappa shape index (κ1) is 14.2. The van der Waals surface area contributed by atoms with Gasteiger partial charge in [-0.2, -0.15) is 0 Å². The number of aliphatic hydroxyl groups excluding tert-OH is 1. The Labute approximate surface area is 118 Å². The number of carbonyl (C=O) groups excluding carboxylic acids is 1. The Morgan fingerprint density at radius 1 is 1.32 bits per heavy atom. The number of piperazine rings is 1.